The van der Waals surface area contributed by atoms with Crippen LogP contribution in [0, 0.1) is 5.92 Å². The van der Waals surface area contributed by atoms with Crippen molar-refractivity contribution in [3.8, 4) is 17.2 Å². The van der Waals surface area contributed by atoms with Crippen LogP contribution in [0.1, 0.15) is 29.8 Å². The standard InChI is InChI=1S/C35H39N5O7/c1-21-16-40(22(2)19-41)34(43)27-14-24(36-33(42)13-23-17-38(3)28-8-6-5-7-26(23)28)9-11-29(27)47-32(21)18-39(4)35(44)37-25-10-12-30-31(15-25)46-20-45-30/h5-12,14-15,17,21-22,32,41H,13,16,18-20H2,1-4H3,(H,36,42)(H,37,44)/t21-,22+,32-/m1/s1. The zero-order chi connectivity index (χ0) is 33.2. The lowest BCUT2D eigenvalue weighted by molar-refractivity contribution is -0.115. The predicted molar refractivity (Wildman–Crippen MR) is 177 cm³/mol. The highest BCUT2D eigenvalue weighted by atomic mass is 16.7. The molecule has 3 N–H and O–H groups in total. The van der Waals surface area contributed by atoms with Crippen molar-refractivity contribution in [3.05, 3.63) is 78.0 Å². The Bertz CT molecular complexity index is 1820. The number of urea groups is 1. The van der Waals surface area contributed by atoms with E-state index in [2.05, 4.69) is 10.6 Å². The fourth-order valence-corrected chi connectivity index (χ4v) is 6.01. The number of likely N-dealkylation sites (N-methyl/N-ethyl adjacent to an activating group) is 1. The second-order valence-corrected chi connectivity index (χ2v) is 12.2. The molecule has 12 nitrogen and oxygen atoms in total. The molecule has 0 saturated heterocycles. The van der Waals surface area contributed by atoms with E-state index >= 15 is 0 Å². The van der Waals surface area contributed by atoms with Crippen LogP contribution in [0.3, 0.4) is 0 Å². The molecule has 246 valence electrons. The Morgan fingerprint density at radius 2 is 1.74 bits per heavy atom. The van der Waals surface area contributed by atoms with Crippen molar-refractivity contribution >= 4 is 40.1 Å². The molecule has 3 aromatic carbocycles. The second-order valence-electron chi connectivity index (χ2n) is 12.2. The van der Waals surface area contributed by atoms with Crippen LogP contribution in [-0.4, -0.2) is 83.0 Å². The summed E-state index contributed by atoms with van der Waals surface area (Å²) in [6, 6.07) is 17.3. The van der Waals surface area contributed by atoms with E-state index in [9.17, 15) is 19.5 Å². The van der Waals surface area contributed by atoms with Gasteiger partial charge >= 0.3 is 6.03 Å². The molecule has 0 spiro atoms. The van der Waals surface area contributed by atoms with E-state index in [4.69, 9.17) is 14.2 Å². The molecule has 3 heterocycles. The molecule has 4 amide bonds. The number of fused-ring (bicyclic) bond motifs is 3. The first-order chi connectivity index (χ1) is 22.6. The lowest BCUT2D eigenvalue weighted by atomic mass is 9.99. The number of carbonyl (C=O) groups excluding carboxylic acids is 3. The highest BCUT2D eigenvalue weighted by Crippen LogP contribution is 2.35. The van der Waals surface area contributed by atoms with Crippen LogP contribution in [0.4, 0.5) is 16.2 Å². The van der Waals surface area contributed by atoms with Gasteiger partial charge in [-0.2, -0.15) is 0 Å². The van der Waals surface area contributed by atoms with Crippen molar-refractivity contribution in [1.29, 1.82) is 0 Å². The average Bonchev–Trinajstić information content (AvgIpc) is 3.66. The number of aliphatic hydroxyl groups is 1. The number of aliphatic hydroxyl groups excluding tert-OH is 1. The summed E-state index contributed by atoms with van der Waals surface area (Å²) in [5, 5.41) is 16.8. The van der Waals surface area contributed by atoms with E-state index in [0.29, 0.717) is 35.2 Å². The molecule has 0 radical (unpaired) electrons. The van der Waals surface area contributed by atoms with Gasteiger partial charge < -0.3 is 44.3 Å². The van der Waals surface area contributed by atoms with Crippen molar-refractivity contribution in [2.45, 2.75) is 32.4 Å². The first-order valence-electron chi connectivity index (χ1n) is 15.6. The van der Waals surface area contributed by atoms with Gasteiger partial charge in [0.1, 0.15) is 11.9 Å². The molecule has 0 bridgehead atoms. The number of ether oxygens (including phenoxy) is 3. The van der Waals surface area contributed by atoms with Crippen LogP contribution >= 0.6 is 0 Å². The number of aryl methyl sites for hydroxylation is 1. The number of aromatic nitrogens is 1. The van der Waals surface area contributed by atoms with Gasteiger partial charge in [0.25, 0.3) is 5.91 Å². The zero-order valence-electron chi connectivity index (χ0n) is 26.9. The summed E-state index contributed by atoms with van der Waals surface area (Å²) in [5.41, 5.74) is 3.21. The van der Waals surface area contributed by atoms with Gasteiger partial charge in [0, 0.05) is 61.1 Å². The summed E-state index contributed by atoms with van der Waals surface area (Å²) >= 11 is 0. The van der Waals surface area contributed by atoms with Crippen LogP contribution < -0.4 is 24.8 Å². The largest absolute Gasteiger partial charge is 0.487 e. The molecule has 3 atom stereocenters. The SMILES string of the molecule is C[C@@H]1CN([C@@H](C)CO)C(=O)c2cc(NC(=O)Cc3cn(C)c4ccccc34)ccc2O[C@@H]1CN(C)C(=O)Nc1ccc2c(c1)OCO2. The Balaban J connectivity index is 1.20. The van der Waals surface area contributed by atoms with E-state index in [1.807, 2.05) is 49.0 Å². The van der Waals surface area contributed by atoms with Crippen molar-refractivity contribution in [2.24, 2.45) is 13.0 Å². The summed E-state index contributed by atoms with van der Waals surface area (Å²) in [6.45, 7) is 4.15. The molecule has 2 aliphatic heterocycles. The molecule has 47 heavy (non-hydrogen) atoms. The van der Waals surface area contributed by atoms with E-state index in [1.54, 1.807) is 55.3 Å². The third-order valence-corrected chi connectivity index (χ3v) is 8.70. The molecule has 4 aromatic rings. The lowest BCUT2D eigenvalue weighted by Gasteiger charge is -2.38. The van der Waals surface area contributed by atoms with Gasteiger partial charge in [0.05, 0.1) is 31.2 Å². The molecule has 12 heteroatoms. The van der Waals surface area contributed by atoms with E-state index in [1.165, 1.54) is 4.90 Å². The van der Waals surface area contributed by atoms with E-state index in [0.717, 1.165) is 16.5 Å². The smallest absolute Gasteiger partial charge is 0.321 e. The quantitative estimate of drug-likeness (QED) is 0.259. The van der Waals surface area contributed by atoms with Crippen LogP contribution in [0.5, 0.6) is 17.2 Å². The maximum absolute atomic E-state index is 13.9. The molecular weight excluding hydrogens is 602 g/mol. The maximum Gasteiger partial charge on any atom is 0.321 e. The van der Waals surface area contributed by atoms with Crippen molar-refractivity contribution in [2.75, 3.05) is 44.2 Å². The summed E-state index contributed by atoms with van der Waals surface area (Å²) in [5.74, 6) is 0.787. The van der Waals surface area contributed by atoms with Crippen LogP contribution in [0.15, 0.2) is 66.9 Å². The molecule has 1 aromatic heterocycles. The van der Waals surface area contributed by atoms with Crippen LogP contribution in [0.25, 0.3) is 10.9 Å². The minimum atomic E-state index is -0.491. The molecular formula is C35H39N5O7. The second kappa shape index (κ2) is 13.2. The summed E-state index contributed by atoms with van der Waals surface area (Å²) < 4.78 is 19.2. The first-order valence-corrected chi connectivity index (χ1v) is 15.6. The van der Waals surface area contributed by atoms with Gasteiger partial charge in [-0.15, -0.1) is 0 Å². The lowest BCUT2D eigenvalue weighted by Crippen LogP contribution is -2.50. The van der Waals surface area contributed by atoms with Gasteiger partial charge in [-0.25, -0.2) is 4.79 Å². The Labute approximate surface area is 272 Å². The van der Waals surface area contributed by atoms with Gasteiger partial charge in [-0.3, -0.25) is 9.59 Å². The number of hydrogen-bond acceptors (Lipinski definition) is 7. The Hall–Kier alpha value is -5.23. The predicted octanol–water partition coefficient (Wildman–Crippen LogP) is 4.47. The topological polar surface area (TPSA) is 135 Å². The fraction of sp³-hybridized carbons (Fsp3) is 0.343. The Morgan fingerprint density at radius 1 is 1.02 bits per heavy atom. The molecule has 0 fully saturated rings. The number of para-hydroxylation sites is 1. The summed E-state index contributed by atoms with van der Waals surface area (Å²) in [7, 11) is 3.62. The van der Waals surface area contributed by atoms with Crippen molar-refractivity contribution in [1.82, 2.24) is 14.4 Å². The number of rotatable bonds is 8. The molecule has 0 aliphatic carbocycles. The number of carbonyl (C=O) groups is 3. The molecule has 0 saturated carbocycles. The van der Waals surface area contributed by atoms with Crippen molar-refractivity contribution in [3.63, 3.8) is 0 Å². The Kier molecular flexibility index (Phi) is 8.95. The highest BCUT2D eigenvalue weighted by Gasteiger charge is 2.34. The molecule has 0 unspecified atom stereocenters. The first kappa shape index (κ1) is 31.7. The Morgan fingerprint density at radius 3 is 2.53 bits per heavy atom. The molecule has 6 rings (SSSR count). The minimum Gasteiger partial charge on any atom is -0.487 e. The fourth-order valence-electron chi connectivity index (χ4n) is 6.01. The average molecular weight is 642 g/mol. The third-order valence-electron chi connectivity index (χ3n) is 8.70. The zero-order valence-corrected chi connectivity index (χ0v) is 26.9. The van der Waals surface area contributed by atoms with Crippen molar-refractivity contribution < 1.29 is 33.7 Å². The maximum atomic E-state index is 13.9. The number of hydrogen-bond donors (Lipinski definition) is 3. The molecule has 2 aliphatic rings. The summed E-state index contributed by atoms with van der Waals surface area (Å²) in [4.78, 5) is 43.3. The van der Waals surface area contributed by atoms with E-state index in [-0.39, 0.29) is 55.7 Å². The normalized spacial score (nSPS) is 17.7. The summed E-state index contributed by atoms with van der Waals surface area (Å²) in [6.07, 6.45) is 1.62. The monoisotopic (exact) mass is 641 g/mol. The van der Waals surface area contributed by atoms with Crippen LogP contribution in [-0.2, 0) is 18.3 Å². The number of anilines is 2. The third kappa shape index (κ3) is 6.68. The number of nitrogens with one attached hydrogen (secondary N) is 2. The highest BCUT2D eigenvalue weighted by molar-refractivity contribution is 6.01. The van der Waals surface area contributed by atoms with Gasteiger partial charge in [-0.05, 0) is 48.9 Å². The van der Waals surface area contributed by atoms with Crippen LogP contribution in [0.2, 0.25) is 0 Å². The number of nitrogens with zero attached hydrogens (tertiary/aromatic N) is 3. The van der Waals surface area contributed by atoms with Gasteiger partial charge in [0.2, 0.25) is 12.7 Å². The van der Waals surface area contributed by atoms with Gasteiger partial charge in [0.15, 0.2) is 11.5 Å². The minimum absolute atomic E-state index is 0.137. The van der Waals surface area contributed by atoms with Gasteiger partial charge in [-0.1, -0.05) is 25.1 Å². The number of amides is 4. The number of benzene rings is 3. The van der Waals surface area contributed by atoms with E-state index < -0.39 is 12.1 Å².